The molecule has 1 atom stereocenters. The Balaban J connectivity index is 1.93. The Morgan fingerprint density at radius 3 is 2.41 bits per heavy atom. The molecule has 0 fully saturated rings. The van der Waals surface area contributed by atoms with E-state index in [0.29, 0.717) is 20.8 Å². The maximum Gasteiger partial charge on any atom is 0.258 e. The minimum Gasteiger partial charge on any atom is -0.481 e. The molecule has 2 rings (SSSR count). The number of ether oxygens (including phenoxy) is 1. The number of hydrogen-bond donors (Lipinski definition) is 1. The van der Waals surface area contributed by atoms with Crippen molar-refractivity contribution < 1.29 is 9.53 Å². The van der Waals surface area contributed by atoms with E-state index in [4.69, 9.17) is 39.5 Å². The van der Waals surface area contributed by atoms with E-state index < -0.39 is 0 Å². The second-order valence-electron chi connectivity index (χ2n) is 4.68. The Morgan fingerprint density at radius 2 is 1.77 bits per heavy atom. The van der Waals surface area contributed by atoms with Crippen LogP contribution in [0.15, 0.2) is 42.5 Å². The van der Waals surface area contributed by atoms with E-state index in [1.54, 1.807) is 30.3 Å². The van der Waals surface area contributed by atoms with Gasteiger partial charge in [0.15, 0.2) is 12.4 Å². The quantitative estimate of drug-likeness (QED) is 0.825. The first-order valence-corrected chi connectivity index (χ1v) is 7.72. The van der Waals surface area contributed by atoms with E-state index in [1.807, 2.05) is 19.1 Å². The van der Waals surface area contributed by atoms with Gasteiger partial charge in [-0.15, -0.1) is 0 Å². The normalized spacial score (nSPS) is 11.8. The highest BCUT2D eigenvalue weighted by molar-refractivity contribution is 6.37. The smallest absolute Gasteiger partial charge is 0.258 e. The van der Waals surface area contributed by atoms with Crippen LogP contribution in [0.1, 0.15) is 18.5 Å². The molecule has 1 amide bonds. The van der Waals surface area contributed by atoms with Crippen LogP contribution in [-0.2, 0) is 4.79 Å². The summed E-state index contributed by atoms with van der Waals surface area (Å²) in [5.74, 6) is 0.0276. The molecule has 0 aromatic heterocycles. The van der Waals surface area contributed by atoms with Gasteiger partial charge in [0.1, 0.15) is 0 Å². The highest BCUT2D eigenvalue weighted by Gasteiger charge is 2.12. The van der Waals surface area contributed by atoms with Crippen molar-refractivity contribution in [1.29, 1.82) is 0 Å². The number of benzene rings is 2. The lowest BCUT2D eigenvalue weighted by atomic mass is 10.1. The van der Waals surface area contributed by atoms with E-state index in [1.165, 1.54) is 0 Å². The molecule has 2 aromatic rings. The van der Waals surface area contributed by atoms with Gasteiger partial charge in [0, 0.05) is 5.02 Å². The topological polar surface area (TPSA) is 38.3 Å². The summed E-state index contributed by atoms with van der Waals surface area (Å²) in [6.07, 6.45) is 0. The summed E-state index contributed by atoms with van der Waals surface area (Å²) in [5, 5.41) is 4.17. The molecule has 2 aromatic carbocycles. The summed E-state index contributed by atoms with van der Waals surface area (Å²) in [6.45, 7) is 1.69. The molecule has 0 saturated carbocycles. The molecule has 0 spiro atoms. The van der Waals surface area contributed by atoms with Gasteiger partial charge in [-0.1, -0.05) is 53.0 Å². The van der Waals surface area contributed by atoms with Gasteiger partial charge in [-0.2, -0.15) is 0 Å². The predicted molar refractivity (Wildman–Crippen MR) is 90.0 cm³/mol. The molecular formula is C16H14Cl3NO2. The molecule has 0 heterocycles. The lowest BCUT2D eigenvalue weighted by Crippen LogP contribution is -2.31. The van der Waals surface area contributed by atoms with E-state index in [9.17, 15) is 4.79 Å². The monoisotopic (exact) mass is 357 g/mol. The van der Waals surface area contributed by atoms with Gasteiger partial charge < -0.3 is 10.1 Å². The molecule has 0 saturated heterocycles. The van der Waals surface area contributed by atoms with Crippen molar-refractivity contribution in [3.63, 3.8) is 0 Å². The second-order valence-corrected chi connectivity index (χ2v) is 5.93. The highest BCUT2D eigenvalue weighted by Crippen LogP contribution is 2.32. The Morgan fingerprint density at radius 1 is 1.14 bits per heavy atom. The molecular weight excluding hydrogens is 345 g/mol. The molecule has 0 radical (unpaired) electrons. The summed E-state index contributed by atoms with van der Waals surface area (Å²) >= 11 is 17.9. The third kappa shape index (κ3) is 4.54. The first-order valence-electron chi connectivity index (χ1n) is 6.59. The number of nitrogens with one attached hydrogen (secondary N) is 1. The number of para-hydroxylation sites is 1. The van der Waals surface area contributed by atoms with E-state index in [2.05, 4.69) is 5.32 Å². The zero-order valence-electron chi connectivity index (χ0n) is 11.8. The highest BCUT2D eigenvalue weighted by atomic mass is 35.5. The van der Waals surface area contributed by atoms with Crippen LogP contribution in [0.4, 0.5) is 0 Å². The number of carbonyl (C=O) groups is 1. The maximum absolute atomic E-state index is 12.0. The van der Waals surface area contributed by atoms with Gasteiger partial charge in [0.25, 0.3) is 5.91 Å². The Bertz CT molecular complexity index is 656. The lowest BCUT2D eigenvalue weighted by molar-refractivity contribution is -0.123. The molecule has 0 unspecified atom stereocenters. The van der Waals surface area contributed by atoms with E-state index in [-0.39, 0.29) is 18.6 Å². The minimum atomic E-state index is -0.275. The first-order chi connectivity index (χ1) is 10.5. The standard InChI is InChI=1S/C16H14Cl3NO2/c1-10(11-4-2-5-12(17)8-11)20-15(21)9-22-16-13(18)6-3-7-14(16)19/h2-8,10H,9H2,1H3,(H,20,21)/t10-/m1/s1. The van der Waals surface area contributed by atoms with Crippen molar-refractivity contribution in [2.45, 2.75) is 13.0 Å². The molecule has 0 bridgehead atoms. The third-order valence-electron chi connectivity index (χ3n) is 2.99. The summed E-state index contributed by atoms with van der Waals surface area (Å²) < 4.78 is 5.39. The Kier molecular flexibility index (Phi) is 5.95. The van der Waals surface area contributed by atoms with Crippen LogP contribution in [0, 0.1) is 0 Å². The molecule has 116 valence electrons. The van der Waals surface area contributed by atoms with Crippen LogP contribution in [0.3, 0.4) is 0 Å². The van der Waals surface area contributed by atoms with Crippen molar-refractivity contribution in [1.82, 2.24) is 5.32 Å². The molecule has 22 heavy (non-hydrogen) atoms. The van der Waals surface area contributed by atoms with Gasteiger partial charge in [-0.3, -0.25) is 4.79 Å². The SMILES string of the molecule is C[C@@H](NC(=O)COc1c(Cl)cccc1Cl)c1cccc(Cl)c1. The van der Waals surface area contributed by atoms with E-state index in [0.717, 1.165) is 5.56 Å². The zero-order chi connectivity index (χ0) is 16.1. The molecule has 0 aliphatic rings. The van der Waals surface area contributed by atoms with Crippen LogP contribution in [-0.4, -0.2) is 12.5 Å². The van der Waals surface area contributed by atoms with Crippen molar-refractivity contribution in [2.75, 3.05) is 6.61 Å². The summed E-state index contributed by atoms with van der Waals surface area (Å²) in [4.78, 5) is 12.0. The van der Waals surface area contributed by atoms with Gasteiger partial charge in [-0.05, 0) is 36.8 Å². The zero-order valence-corrected chi connectivity index (χ0v) is 14.0. The number of carbonyl (C=O) groups excluding carboxylic acids is 1. The van der Waals surface area contributed by atoms with E-state index >= 15 is 0 Å². The summed E-state index contributed by atoms with van der Waals surface area (Å²) in [7, 11) is 0. The molecule has 1 N–H and O–H groups in total. The first kappa shape index (κ1) is 16.9. The Hall–Kier alpha value is -1.42. The average Bonchev–Trinajstić information content (AvgIpc) is 2.46. The molecule has 0 aliphatic carbocycles. The Labute approximate surface area is 144 Å². The molecule has 6 heteroatoms. The third-order valence-corrected chi connectivity index (χ3v) is 3.82. The van der Waals surface area contributed by atoms with Crippen LogP contribution in [0.2, 0.25) is 15.1 Å². The number of hydrogen-bond acceptors (Lipinski definition) is 2. The largest absolute Gasteiger partial charge is 0.481 e. The fourth-order valence-electron chi connectivity index (χ4n) is 1.90. The fourth-order valence-corrected chi connectivity index (χ4v) is 2.61. The van der Waals surface area contributed by atoms with Crippen molar-refractivity contribution in [3.8, 4) is 5.75 Å². The van der Waals surface area contributed by atoms with Crippen LogP contribution in [0.5, 0.6) is 5.75 Å². The lowest BCUT2D eigenvalue weighted by Gasteiger charge is -2.15. The molecule has 0 aliphatic heterocycles. The number of halogens is 3. The van der Waals surface area contributed by atoms with Crippen LogP contribution < -0.4 is 10.1 Å². The van der Waals surface area contributed by atoms with Crippen LogP contribution in [0.25, 0.3) is 0 Å². The van der Waals surface area contributed by atoms with Crippen molar-refractivity contribution in [2.24, 2.45) is 0 Å². The predicted octanol–water partition coefficient (Wildman–Crippen LogP) is 4.90. The maximum atomic E-state index is 12.0. The van der Waals surface area contributed by atoms with Gasteiger partial charge in [0.2, 0.25) is 0 Å². The van der Waals surface area contributed by atoms with Crippen molar-refractivity contribution in [3.05, 3.63) is 63.1 Å². The van der Waals surface area contributed by atoms with Gasteiger partial charge in [0.05, 0.1) is 16.1 Å². The summed E-state index contributed by atoms with van der Waals surface area (Å²) in [6, 6.07) is 12.1. The summed E-state index contributed by atoms with van der Waals surface area (Å²) in [5.41, 5.74) is 0.914. The molecule has 3 nitrogen and oxygen atoms in total. The number of rotatable bonds is 5. The number of amides is 1. The van der Waals surface area contributed by atoms with Gasteiger partial charge in [-0.25, -0.2) is 0 Å². The van der Waals surface area contributed by atoms with Gasteiger partial charge >= 0.3 is 0 Å². The second kappa shape index (κ2) is 7.73. The van der Waals surface area contributed by atoms with Crippen LogP contribution >= 0.6 is 34.8 Å². The minimum absolute atomic E-state index is 0.172. The van der Waals surface area contributed by atoms with Crippen molar-refractivity contribution >= 4 is 40.7 Å². The average molecular weight is 359 g/mol. The fraction of sp³-hybridized carbons (Fsp3) is 0.188.